The summed E-state index contributed by atoms with van der Waals surface area (Å²) in [5.74, 6) is 2.80. The van der Waals surface area contributed by atoms with E-state index in [1.807, 2.05) is 6.92 Å². The molecule has 2 rings (SSSR count). The van der Waals surface area contributed by atoms with Gasteiger partial charge in [-0.15, -0.1) is 0 Å². The summed E-state index contributed by atoms with van der Waals surface area (Å²) in [6.45, 7) is 8.48. The Kier molecular flexibility index (Phi) is 5.25. The molecule has 112 valence electrons. The number of aromatic nitrogens is 2. The molecule has 4 heteroatoms. The first-order valence-corrected chi connectivity index (χ1v) is 8.21. The summed E-state index contributed by atoms with van der Waals surface area (Å²) < 4.78 is 0. The Morgan fingerprint density at radius 1 is 1.25 bits per heavy atom. The molecule has 0 amide bonds. The number of halogens is 1. The Hall–Kier alpha value is -0.830. The van der Waals surface area contributed by atoms with E-state index in [-0.39, 0.29) is 0 Å². The van der Waals surface area contributed by atoms with Gasteiger partial charge in [0.2, 0.25) is 0 Å². The standard InChI is InChI=1S/C16H26ClN3/c1-5-12-8-6-7-9-13(12)18-16-11(4)14(17)19-15(20-16)10(2)3/h10,12-13H,5-9H2,1-4H3,(H,18,19,20). The molecule has 3 nitrogen and oxygen atoms in total. The van der Waals surface area contributed by atoms with Crippen molar-refractivity contribution in [2.75, 3.05) is 5.32 Å². The molecule has 1 heterocycles. The quantitative estimate of drug-likeness (QED) is 0.799. The molecule has 20 heavy (non-hydrogen) atoms. The molecule has 0 saturated heterocycles. The normalized spacial score (nSPS) is 23.1. The van der Waals surface area contributed by atoms with Gasteiger partial charge in [-0.1, -0.05) is 51.6 Å². The van der Waals surface area contributed by atoms with Gasteiger partial charge in [-0.2, -0.15) is 0 Å². The first kappa shape index (κ1) is 15.6. The van der Waals surface area contributed by atoms with Crippen molar-refractivity contribution in [1.29, 1.82) is 0 Å². The van der Waals surface area contributed by atoms with Crippen LogP contribution in [0.2, 0.25) is 5.15 Å². The third kappa shape index (κ3) is 3.43. The first-order valence-electron chi connectivity index (χ1n) is 7.83. The Balaban J connectivity index is 2.23. The van der Waals surface area contributed by atoms with Crippen molar-refractivity contribution in [3.8, 4) is 0 Å². The van der Waals surface area contributed by atoms with Crippen LogP contribution < -0.4 is 5.32 Å². The van der Waals surface area contributed by atoms with Crippen molar-refractivity contribution in [2.45, 2.75) is 71.8 Å². The molecule has 0 aliphatic heterocycles. The second-order valence-corrected chi connectivity index (χ2v) is 6.56. The van der Waals surface area contributed by atoms with Crippen LogP contribution in [0.3, 0.4) is 0 Å². The summed E-state index contributed by atoms with van der Waals surface area (Å²) in [4.78, 5) is 9.07. The number of rotatable bonds is 4. The van der Waals surface area contributed by atoms with Gasteiger partial charge < -0.3 is 5.32 Å². The highest BCUT2D eigenvalue weighted by Gasteiger charge is 2.25. The summed E-state index contributed by atoms with van der Waals surface area (Å²) in [5.41, 5.74) is 0.969. The Labute approximate surface area is 127 Å². The van der Waals surface area contributed by atoms with Crippen LogP contribution in [-0.2, 0) is 0 Å². The highest BCUT2D eigenvalue weighted by Crippen LogP contribution is 2.31. The summed E-state index contributed by atoms with van der Waals surface area (Å²) in [6.07, 6.45) is 6.45. The zero-order valence-corrected chi connectivity index (χ0v) is 13.8. The number of anilines is 1. The number of nitrogens with one attached hydrogen (secondary N) is 1. The molecule has 2 atom stereocenters. The molecule has 1 aliphatic rings. The van der Waals surface area contributed by atoms with E-state index in [0.717, 1.165) is 23.1 Å². The molecule has 1 aromatic heterocycles. The second kappa shape index (κ2) is 6.75. The van der Waals surface area contributed by atoms with Gasteiger partial charge in [0.25, 0.3) is 0 Å². The molecule has 1 aromatic rings. The predicted molar refractivity (Wildman–Crippen MR) is 85.5 cm³/mol. The van der Waals surface area contributed by atoms with Gasteiger partial charge in [-0.25, -0.2) is 9.97 Å². The highest BCUT2D eigenvalue weighted by atomic mass is 35.5. The Morgan fingerprint density at radius 2 is 1.95 bits per heavy atom. The van der Waals surface area contributed by atoms with Crippen molar-refractivity contribution >= 4 is 17.4 Å². The summed E-state index contributed by atoms with van der Waals surface area (Å²) in [7, 11) is 0. The third-order valence-corrected chi connectivity index (χ3v) is 4.74. The lowest BCUT2D eigenvalue weighted by Gasteiger charge is -2.32. The molecule has 0 radical (unpaired) electrons. The minimum Gasteiger partial charge on any atom is -0.367 e. The van der Waals surface area contributed by atoms with E-state index in [4.69, 9.17) is 11.6 Å². The van der Waals surface area contributed by atoms with Gasteiger partial charge in [-0.05, 0) is 25.7 Å². The molecule has 0 bridgehead atoms. The molecule has 0 spiro atoms. The maximum atomic E-state index is 6.26. The Morgan fingerprint density at radius 3 is 2.60 bits per heavy atom. The average molecular weight is 296 g/mol. The monoisotopic (exact) mass is 295 g/mol. The predicted octanol–water partition coefficient (Wildman–Crippen LogP) is 4.94. The number of hydrogen-bond acceptors (Lipinski definition) is 3. The molecule has 1 aliphatic carbocycles. The highest BCUT2D eigenvalue weighted by molar-refractivity contribution is 6.30. The smallest absolute Gasteiger partial charge is 0.137 e. The number of hydrogen-bond donors (Lipinski definition) is 1. The van der Waals surface area contributed by atoms with Crippen molar-refractivity contribution in [3.63, 3.8) is 0 Å². The van der Waals surface area contributed by atoms with Gasteiger partial charge >= 0.3 is 0 Å². The van der Waals surface area contributed by atoms with Crippen LogP contribution in [0.1, 0.15) is 70.2 Å². The Bertz CT molecular complexity index is 459. The zero-order valence-electron chi connectivity index (χ0n) is 13.0. The van der Waals surface area contributed by atoms with E-state index in [0.29, 0.717) is 17.1 Å². The maximum Gasteiger partial charge on any atom is 0.137 e. The maximum absolute atomic E-state index is 6.26. The van der Waals surface area contributed by atoms with E-state index in [1.165, 1.54) is 32.1 Å². The molecular formula is C16H26ClN3. The summed E-state index contributed by atoms with van der Waals surface area (Å²) >= 11 is 6.26. The van der Waals surface area contributed by atoms with E-state index in [9.17, 15) is 0 Å². The van der Waals surface area contributed by atoms with Crippen LogP contribution in [0.25, 0.3) is 0 Å². The molecular weight excluding hydrogens is 270 g/mol. The summed E-state index contributed by atoms with van der Waals surface area (Å²) in [6, 6.07) is 0.526. The fourth-order valence-electron chi connectivity index (χ4n) is 2.97. The lowest BCUT2D eigenvalue weighted by molar-refractivity contribution is 0.316. The van der Waals surface area contributed by atoms with E-state index in [2.05, 4.69) is 36.1 Å². The van der Waals surface area contributed by atoms with Crippen LogP contribution in [0.4, 0.5) is 5.82 Å². The third-order valence-electron chi connectivity index (χ3n) is 4.38. The van der Waals surface area contributed by atoms with E-state index < -0.39 is 0 Å². The lowest BCUT2D eigenvalue weighted by Crippen LogP contribution is -2.32. The molecule has 2 unspecified atom stereocenters. The SMILES string of the molecule is CCC1CCCCC1Nc1nc(C(C)C)nc(Cl)c1C. The minimum absolute atomic E-state index is 0.293. The fourth-order valence-corrected chi connectivity index (χ4v) is 3.14. The second-order valence-electron chi connectivity index (χ2n) is 6.20. The molecule has 1 fully saturated rings. The van der Waals surface area contributed by atoms with Crippen LogP contribution in [0.5, 0.6) is 0 Å². The van der Waals surface area contributed by atoms with Gasteiger partial charge in [-0.3, -0.25) is 0 Å². The van der Waals surface area contributed by atoms with E-state index in [1.54, 1.807) is 0 Å². The van der Waals surface area contributed by atoms with Crippen LogP contribution in [0.15, 0.2) is 0 Å². The van der Waals surface area contributed by atoms with Crippen LogP contribution in [0, 0.1) is 12.8 Å². The summed E-state index contributed by atoms with van der Waals surface area (Å²) in [5, 5.41) is 4.23. The van der Waals surface area contributed by atoms with Crippen LogP contribution in [-0.4, -0.2) is 16.0 Å². The largest absolute Gasteiger partial charge is 0.367 e. The van der Waals surface area contributed by atoms with Gasteiger partial charge in [0, 0.05) is 17.5 Å². The lowest BCUT2D eigenvalue weighted by atomic mass is 9.83. The van der Waals surface area contributed by atoms with Crippen molar-refractivity contribution in [1.82, 2.24) is 9.97 Å². The fraction of sp³-hybridized carbons (Fsp3) is 0.750. The van der Waals surface area contributed by atoms with Gasteiger partial charge in [0.15, 0.2) is 0 Å². The minimum atomic E-state index is 0.293. The first-order chi connectivity index (χ1) is 9.52. The van der Waals surface area contributed by atoms with Crippen molar-refractivity contribution in [2.24, 2.45) is 5.92 Å². The molecule has 1 saturated carbocycles. The number of nitrogens with zero attached hydrogens (tertiary/aromatic N) is 2. The average Bonchev–Trinajstić information content (AvgIpc) is 2.44. The van der Waals surface area contributed by atoms with Gasteiger partial charge in [0.1, 0.15) is 16.8 Å². The topological polar surface area (TPSA) is 37.8 Å². The zero-order chi connectivity index (χ0) is 14.7. The van der Waals surface area contributed by atoms with Crippen molar-refractivity contribution < 1.29 is 0 Å². The molecule has 0 aromatic carbocycles. The van der Waals surface area contributed by atoms with Crippen LogP contribution >= 0.6 is 11.6 Å². The van der Waals surface area contributed by atoms with E-state index >= 15 is 0 Å². The van der Waals surface area contributed by atoms with Crippen molar-refractivity contribution in [3.05, 3.63) is 16.5 Å². The van der Waals surface area contributed by atoms with Gasteiger partial charge in [0.05, 0.1) is 0 Å². The molecule has 1 N–H and O–H groups in total.